The largest absolute Gasteiger partial charge is 0.476 e. The molecule has 17 heavy (non-hydrogen) atoms. The fourth-order valence-corrected chi connectivity index (χ4v) is 3.00. The zero-order chi connectivity index (χ0) is 12.3. The van der Waals surface area contributed by atoms with Gasteiger partial charge in [-0.2, -0.15) is 11.3 Å². The predicted molar refractivity (Wildman–Crippen MR) is 70.2 cm³/mol. The number of anilines is 1. The Balaban J connectivity index is 2.00. The Morgan fingerprint density at radius 3 is 3.12 bits per heavy atom. The fraction of sp³-hybridized carbons (Fsp3) is 0.273. The van der Waals surface area contributed by atoms with E-state index in [1.807, 2.05) is 12.3 Å². The van der Waals surface area contributed by atoms with Gasteiger partial charge in [-0.15, -0.1) is 11.3 Å². The van der Waals surface area contributed by atoms with Crippen molar-refractivity contribution in [3.63, 3.8) is 0 Å². The van der Waals surface area contributed by atoms with Crippen LogP contribution in [0.25, 0.3) is 0 Å². The fourth-order valence-electron chi connectivity index (χ4n) is 1.54. The molecule has 1 atom stereocenters. The molecular weight excluding hydrogens is 256 g/mol. The lowest BCUT2D eigenvalue weighted by Gasteiger charge is -2.12. The molecule has 2 aromatic heterocycles. The summed E-state index contributed by atoms with van der Waals surface area (Å²) in [7, 11) is 0. The SMILES string of the molecule is CC(Cc1ccsc1)Nc1scnc1C(=O)O. The van der Waals surface area contributed by atoms with Crippen molar-refractivity contribution in [1.29, 1.82) is 0 Å². The monoisotopic (exact) mass is 268 g/mol. The molecule has 0 radical (unpaired) electrons. The summed E-state index contributed by atoms with van der Waals surface area (Å²) in [5.41, 5.74) is 2.91. The molecule has 0 saturated heterocycles. The van der Waals surface area contributed by atoms with Crippen molar-refractivity contribution in [2.75, 3.05) is 5.32 Å². The lowest BCUT2D eigenvalue weighted by Crippen LogP contribution is -2.18. The number of carboxylic acid groups (broad SMARTS) is 1. The van der Waals surface area contributed by atoms with Gasteiger partial charge < -0.3 is 10.4 Å². The molecule has 0 saturated carbocycles. The number of nitrogens with one attached hydrogen (secondary N) is 1. The summed E-state index contributed by atoms with van der Waals surface area (Å²) in [6.07, 6.45) is 0.875. The zero-order valence-electron chi connectivity index (χ0n) is 9.21. The van der Waals surface area contributed by atoms with Crippen molar-refractivity contribution in [3.8, 4) is 0 Å². The van der Waals surface area contributed by atoms with Crippen LogP contribution in [-0.2, 0) is 6.42 Å². The van der Waals surface area contributed by atoms with Gasteiger partial charge in [0, 0.05) is 6.04 Å². The van der Waals surface area contributed by atoms with Crippen LogP contribution >= 0.6 is 22.7 Å². The average molecular weight is 268 g/mol. The van der Waals surface area contributed by atoms with Crippen LogP contribution in [0, 0.1) is 0 Å². The van der Waals surface area contributed by atoms with Gasteiger partial charge in [0.1, 0.15) is 5.00 Å². The van der Waals surface area contributed by atoms with E-state index >= 15 is 0 Å². The summed E-state index contributed by atoms with van der Waals surface area (Å²) < 4.78 is 0. The number of thiophene rings is 1. The second-order valence-electron chi connectivity index (χ2n) is 3.72. The number of hydrogen-bond donors (Lipinski definition) is 2. The van der Waals surface area contributed by atoms with Gasteiger partial charge in [-0.05, 0) is 35.7 Å². The van der Waals surface area contributed by atoms with Crippen LogP contribution < -0.4 is 5.32 Å². The van der Waals surface area contributed by atoms with E-state index in [4.69, 9.17) is 5.11 Å². The van der Waals surface area contributed by atoms with Gasteiger partial charge >= 0.3 is 5.97 Å². The number of hydrogen-bond acceptors (Lipinski definition) is 5. The third-order valence-electron chi connectivity index (χ3n) is 2.27. The van der Waals surface area contributed by atoms with Gasteiger partial charge in [-0.25, -0.2) is 9.78 Å². The van der Waals surface area contributed by atoms with Crippen molar-refractivity contribution in [2.45, 2.75) is 19.4 Å². The summed E-state index contributed by atoms with van der Waals surface area (Å²) >= 11 is 2.98. The molecule has 0 fully saturated rings. The van der Waals surface area contributed by atoms with Crippen LogP contribution in [0.15, 0.2) is 22.3 Å². The molecule has 0 amide bonds. The van der Waals surface area contributed by atoms with E-state index in [1.54, 1.807) is 16.8 Å². The highest BCUT2D eigenvalue weighted by atomic mass is 32.1. The van der Waals surface area contributed by atoms with E-state index in [1.165, 1.54) is 16.9 Å². The molecule has 4 nitrogen and oxygen atoms in total. The molecule has 2 N–H and O–H groups in total. The van der Waals surface area contributed by atoms with E-state index in [0.29, 0.717) is 5.00 Å². The van der Waals surface area contributed by atoms with Gasteiger partial charge in [0.15, 0.2) is 5.69 Å². The van der Waals surface area contributed by atoms with Crippen LogP contribution in [0.4, 0.5) is 5.00 Å². The highest BCUT2D eigenvalue weighted by Gasteiger charge is 2.15. The van der Waals surface area contributed by atoms with Crippen LogP contribution in [0.1, 0.15) is 23.0 Å². The Labute approximate surface area is 107 Å². The first kappa shape index (κ1) is 12.1. The number of nitrogens with zero attached hydrogens (tertiary/aromatic N) is 1. The quantitative estimate of drug-likeness (QED) is 0.875. The molecule has 6 heteroatoms. The van der Waals surface area contributed by atoms with E-state index < -0.39 is 5.97 Å². The molecule has 2 rings (SSSR count). The van der Waals surface area contributed by atoms with Crippen molar-refractivity contribution in [1.82, 2.24) is 4.98 Å². The van der Waals surface area contributed by atoms with Gasteiger partial charge in [-0.3, -0.25) is 0 Å². The Morgan fingerprint density at radius 2 is 2.47 bits per heavy atom. The zero-order valence-corrected chi connectivity index (χ0v) is 10.8. The first-order valence-electron chi connectivity index (χ1n) is 5.11. The molecule has 0 aromatic carbocycles. The molecule has 0 aliphatic heterocycles. The van der Waals surface area contributed by atoms with Crippen molar-refractivity contribution < 1.29 is 9.90 Å². The topological polar surface area (TPSA) is 62.2 Å². The number of aromatic carboxylic acids is 1. The van der Waals surface area contributed by atoms with E-state index in [9.17, 15) is 4.79 Å². The summed E-state index contributed by atoms with van der Waals surface area (Å²) in [6, 6.07) is 2.26. The summed E-state index contributed by atoms with van der Waals surface area (Å²) in [6.45, 7) is 2.03. The summed E-state index contributed by atoms with van der Waals surface area (Å²) in [4.78, 5) is 14.7. The molecule has 0 aliphatic rings. The molecule has 0 spiro atoms. The smallest absolute Gasteiger partial charge is 0.357 e. The Morgan fingerprint density at radius 1 is 1.65 bits per heavy atom. The lowest BCUT2D eigenvalue weighted by molar-refractivity contribution is 0.0692. The molecule has 2 heterocycles. The Hall–Kier alpha value is -1.40. The van der Waals surface area contributed by atoms with Gasteiger partial charge in [0.25, 0.3) is 0 Å². The van der Waals surface area contributed by atoms with Gasteiger partial charge in [-0.1, -0.05) is 0 Å². The Kier molecular flexibility index (Phi) is 3.75. The van der Waals surface area contributed by atoms with E-state index in [0.717, 1.165) is 6.42 Å². The minimum absolute atomic E-state index is 0.104. The molecule has 90 valence electrons. The van der Waals surface area contributed by atoms with Gasteiger partial charge in [0.2, 0.25) is 0 Å². The number of aromatic nitrogens is 1. The second-order valence-corrected chi connectivity index (χ2v) is 5.35. The number of thiazole rings is 1. The summed E-state index contributed by atoms with van der Waals surface area (Å²) in [5.74, 6) is -0.989. The van der Waals surface area contributed by atoms with Crippen LogP contribution in [0.5, 0.6) is 0 Å². The highest BCUT2D eigenvalue weighted by molar-refractivity contribution is 7.14. The highest BCUT2D eigenvalue weighted by Crippen LogP contribution is 2.22. The van der Waals surface area contributed by atoms with Crippen molar-refractivity contribution in [3.05, 3.63) is 33.6 Å². The molecular formula is C11H12N2O2S2. The summed E-state index contributed by atoms with van der Waals surface area (Å²) in [5, 5.41) is 16.9. The maximum atomic E-state index is 10.9. The first-order chi connectivity index (χ1) is 8.16. The van der Waals surface area contributed by atoms with Crippen LogP contribution in [-0.4, -0.2) is 22.1 Å². The molecule has 0 aliphatic carbocycles. The maximum Gasteiger partial charge on any atom is 0.357 e. The third-order valence-corrected chi connectivity index (χ3v) is 3.76. The third kappa shape index (κ3) is 3.04. The maximum absolute atomic E-state index is 10.9. The molecule has 1 unspecified atom stereocenters. The number of rotatable bonds is 5. The minimum atomic E-state index is -0.989. The first-order valence-corrected chi connectivity index (χ1v) is 6.93. The van der Waals surface area contributed by atoms with Gasteiger partial charge in [0.05, 0.1) is 5.51 Å². The van der Waals surface area contributed by atoms with Crippen molar-refractivity contribution in [2.24, 2.45) is 0 Å². The normalized spacial score (nSPS) is 12.3. The van der Waals surface area contributed by atoms with Crippen LogP contribution in [0.2, 0.25) is 0 Å². The van der Waals surface area contributed by atoms with E-state index in [2.05, 4.69) is 21.7 Å². The number of carboxylic acids is 1. The average Bonchev–Trinajstić information content (AvgIpc) is 2.88. The standard InChI is InChI=1S/C11H12N2O2S2/c1-7(4-8-2-3-16-5-8)13-10-9(11(14)15)12-6-17-10/h2-3,5-7,13H,4H2,1H3,(H,14,15). The lowest BCUT2D eigenvalue weighted by atomic mass is 10.1. The Bertz CT molecular complexity index is 493. The number of carbonyl (C=O) groups is 1. The van der Waals surface area contributed by atoms with Crippen molar-refractivity contribution >= 4 is 33.6 Å². The van der Waals surface area contributed by atoms with Crippen LogP contribution in [0.3, 0.4) is 0 Å². The minimum Gasteiger partial charge on any atom is -0.476 e. The molecule has 2 aromatic rings. The predicted octanol–water partition coefficient (Wildman–Crippen LogP) is 2.95. The molecule has 0 bridgehead atoms. The second kappa shape index (κ2) is 5.29. The van der Waals surface area contributed by atoms with E-state index in [-0.39, 0.29) is 11.7 Å².